The Morgan fingerprint density at radius 2 is 2.14 bits per heavy atom. The Morgan fingerprint density at radius 3 is 2.76 bits per heavy atom. The van der Waals surface area contributed by atoms with Gasteiger partial charge in [0.2, 0.25) is 0 Å². The molecule has 0 aromatic heterocycles. The maximum atomic E-state index is 11.8. The highest BCUT2D eigenvalue weighted by atomic mass is 16.6. The van der Waals surface area contributed by atoms with Crippen molar-refractivity contribution in [1.82, 2.24) is 0 Å². The summed E-state index contributed by atoms with van der Waals surface area (Å²) in [7, 11) is 0. The Labute approximate surface area is 123 Å². The first-order valence-electron chi connectivity index (χ1n) is 7.33. The molecule has 6 nitrogen and oxygen atoms in total. The molecule has 1 fully saturated rings. The average Bonchev–Trinajstić information content (AvgIpc) is 2.48. The second kappa shape index (κ2) is 7.17. The number of nitrogens with zero attached hydrogens (tertiary/aromatic N) is 1. The zero-order valence-corrected chi connectivity index (χ0v) is 12.2. The van der Waals surface area contributed by atoms with Crippen LogP contribution in [-0.4, -0.2) is 30.6 Å². The van der Waals surface area contributed by atoms with E-state index in [-0.39, 0.29) is 17.6 Å². The number of rotatable bonds is 5. The Bertz CT molecular complexity index is 501. The fraction of sp³-hybridized carbons (Fsp3) is 0.533. The van der Waals surface area contributed by atoms with Gasteiger partial charge in [-0.25, -0.2) is 0 Å². The lowest BCUT2D eigenvalue weighted by atomic mass is 9.97. The van der Waals surface area contributed by atoms with E-state index in [1.54, 1.807) is 12.1 Å². The summed E-state index contributed by atoms with van der Waals surface area (Å²) in [6.07, 6.45) is 1.90. The molecule has 1 saturated heterocycles. The number of nitro groups is 1. The van der Waals surface area contributed by atoms with Crippen LogP contribution < -0.4 is 4.90 Å². The number of likely N-dealkylation sites (tertiary alicyclic amines) is 1. The van der Waals surface area contributed by atoms with Gasteiger partial charge in [0.05, 0.1) is 24.6 Å². The maximum absolute atomic E-state index is 11.8. The molecule has 2 rings (SSSR count). The van der Waals surface area contributed by atoms with Crippen molar-refractivity contribution < 1.29 is 19.4 Å². The Hall–Kier alpha value is -1.95. The maximum Gasteiger partial charge on any atom is 0.314 e. The number of quaternary nitrogens is 1. The molecule has 0 saturated carbocycles. The van der Waals surface area contributed by atoms with Crippen LogP contribution in [0.2, 0.25) is 0 Å². The minimum Gasteiger partial charge on any atom is -0.466 e. The van der Waals surface area contributed by atoms with Crippen LogP contribution in [0.3, 0.4) is 0 Å². The summed E-state index contributed by atoms with van der Waals surface area (Å²) >= 11 is 0. The Morgan fingerprint density at radius 1 is 1.43 bits per heavy atom. The van der Waals surface area contributed by atoms with E-state index in [0.717, 1.165) is 38.0 Å². The standard InChI is InChI=1S/C15H20N2O4/c1-2-21-15(18)13-4-3-9-16(11-13)10-12-5-7-14(8-6-12)17(19)20/h5-8,13H,2-4,9-11H2,1H3/p+1/t13-/m0/s1. The van der Waals surface area contributed by atoms with Gasteiger partial charge in [0.1, 0.15) is 12.5 Å². The van der Waals surface area contributed by atoms with E-state index in [1.165, 1.54) is 17.0 Å². The second-order valence-corrected chi connectivity index (χ2v) is 5.40. The molecule has 1 aromatic rings. The average molecular weight is 293 g/mol. The van der Waals surface area contributed by atoms with Crippen molar-refractivity contribution >= 4 is 11.7 Å². The van der Waals surface area contributed by atoms with Crippen molar-refractivity contribution in [2.24, 2.45) is 5.92 Å². The van der Waals surface area contributed by atoms with Crippen LogP contribution in [0.25, 0.3) is 0 Å². The lowest BCUT2D eigenvalue weighted by Crippen LogP contribution is -3.12. The summed E-state index contributed by atoms with van der Waals surface area (Å²) < 4.78 is 5.09. The van der Waals surface area contributed by atoms with Gasteiger partial charge in [0, 0.05) is 17.7 Å². The number of hydrogen-bond donors (Lipinski definition) is 1. The first-order chi connectivity index (χ1) is 10.1. The summed E-state index contributed by atoms with van der Waals surface area (Å²) in [6.45, 7) is 4.83. The molecule has 0 spiro atoms. The molecule has 1 aliphatic rings. The number of non-ortho nitro benzene ring substituents is 1. The van der Waals surface area contributed by atoms with Crippen LogP contribution in [-0.2, 0) is 16.1 Å². The molecule has 0 aliphatic carbocycles. The highest BCUT2D eigenvalue weighted by Gasteiger charge is 2.29. The fourth-order valence-electron chi connectivity index (χ4n) is 2.80. The monoisotopic (exact) mass is 293 g/mol. The summed E-state index contributed by atoms with van der Waals surface area (Å²) in [6, 6.07) is 6.64. The molecule has 1 N–H and O–H groups in total. The van der Waals surface area contributed by atoms with Crippen molar-refractivity contribution in [2.45, 2.75) is 26.3 Å². The van der Waals surface area contributed by atoms with Crippen molar-refractivity contribution in [2.75, 3.05) is 19.7 Å². The number of ether oxygens (including phenoxy) is 1. The minimum absolute atomic E-state index is 0.0215. The van der Waals surface area contributed by atoms with Crippen LogP contribution in [0, 0.1) is 16.0 Å². The lowest BCUT2D eigenvalue weighted by Gasteiger charge is -2.28. The number of hydrogen-bond acceptors (Lipinski definition) is 4. The molecule has 2 atom stereocenters. The van der Waals surface area contributed by atoms with Crippen molar-refractivity contribution in [3.05, 3.63) is 39.9 Å². The second-order valence-electron chi connectivity index (χ2n) is 5.40. The predicted octanol–water partition coefficient (Wildman–Crippen LogP) is 0.953. The molecule has 1 aromatic carbocycles. The van der Waals surface area contributed by atoms with E-state index in [1.807, 2.05) is 6.92 Å². The Balaban J connectivity index is 1.93. The normalized spacial score (nSPS) is 21.8. The highest BCUT2D eigenvalue weighted by molar-refractivity contribution is 5.72. The van der Waals surface area contributed by atoms with Crippen LogP contribution in [0.5, 0.6) is 0 Å². The summed E-state index contributed by atoms with van der Waals surface area (Å²) in [4.78, 5) is 23.4. The molecule has 0 amide bonds. The van der Waals surface area contributed by atoms with Crippen molar-refractivity contribution in [1.29, 1.82) is 0 Å². The zero-order valence-electron chi connectivity index (χ0n) is 12.2. The van der Waals surface area contributed by atoms with Crippen LogP contribution in [0.15, 0.2) is 24.3 Å². The number of carbonyl (C=O) groups excluding carboxylic acids is 1. The van der Waals surface area contributed by atoms with E-state index in [4.69, 9.17) is 4.74 Å². The van der Waals surface area contributed by atoms with E-state index in [2.05, 4.69) is 0 Å². The molecule has 1 aliphatic heterocycles. The quantitative estimate of drug-likeness (QED) is 0.498. The molecule has 21 heavy (non-hydrogen) atoms. The van der Waals surface area contributed by atoms with Gasteiger partial charge in [-0.3, -0.25) is 14.9 Å². The summed E-state index contributed by atoms with van der Waals surface area (Å²) in [5.74, 6) is -0.120. The summed E-state index contributed by atoms with van der Waals surface area (Å²) in [5.41, 5.74) is 1.16. The van der Waals surface area contributed by atoms with Crippen LogP contribution in [0.1, 0.15) is 25.3 Å². The first-order valence-corrected chi connectivity index (χ1v) is 7.33. The zero-order chi connectivity index (χ0) is 15.2. The largest absolute Gasteiger partial charge is 0.466 e. The molecule has 1 unspecified atom stereocenters. The van der Waals surface area contributed by atoms with Gasteiger partial charge >= 0.3 is 5.97 Å². The minimum atomic E-state index is -0.395. The molecule has 0 radical (unpaired) electrons. The number of nitrogens with one attached hydrogen (secondary N) is 1. The number of esters is 1. The number of piperidine rings is 1. The number of benzene rings is 1. The topological polar surface area (TPSA) is 73.9 Å². The molecule has 1 heterocycles. The van der Waals surface area contributed by atoms with Gasteiger partial charge in [-0.2, -0.15) is 0 Å². The predicted molar refractivity (Wildman–Crippen MR) is 76.9 cm³/mol. The molecule has 114 valence electrons. The fourth-order valence-corrected chi connectivity index (χ4v) is 2.80. The third-order valence-electron chi connectivity index (χ3n) is 3.84. The van der Waals surface area contributed by atoms with E-state index in [9.17, 15) is 14.9 Å². The van der Waals surface area contributed by atoms with Gasteiger partial charge in [0.25, 0.3) is 5.69 Å². The third kappa shape index (κ3) is 4.26. The van der Waals surface area contributed by atoms with E-state index in [0.29, 0.717) is 6.61 Å². The molecular formula is C15H21N2O4+. The smallest absolute Gasteiger partial charge is 0.314 e. The summed E-state index contributed by atoms with van der Waals surface area (Å²) in [5, 5.41) is 10.6. The number of carbonyl (C=O) groups is 1. The molecule has 6 heteroatoms. The van der Waals surface area contributed by atoms with Crippen molar-refractivity contribution in [3.63, 3.8) is 0 Å². The van der Waals surface area contributed by atoms with Crippen LogP contribution in [0.4, 0.5) is 5.69 Å². The highest BCUT2D eigenvalue weighted by Crippen LogP contribution is 2.13. The molecule has 0 bridgehead atoms. The van der Waals surface area contributed by atoms with Gasteiger partial charge < -0.3 is 9.64 Å². The Kier molecular flexibility index (Phi) is 5.27. The van der Waals surface area contributed by atoms with Gasteiger partial charge in [-0.1, -0.05) is 0 Å². The van der Waals surface area contributed by atoms with E-state index < -0.39 is 4.92 Å². The van der Waals surface area contributed by atoms with Crippen molar-refractivity contribution in [3.8, 4) is 0 Å². The lowest BCUT2D eigenvalue weighted by molar-refractivity contribution is -0.921. The molecular weight excluding hydrogens is 272 g/mol. The van der Waals surface area contributed by atoms with Gasteiger partial charge in [0.15, 0.2) is 0 Å². The third-order valence-corrected chi connectivity index (χ3v) is 3.84. The SMILES string of the molecule is CCOC(=O)[C@H]1CCC[NH+](Cc2ccc([N+](=O)[O-])cc2)C1. The van der Waals surface area contributed by atoms with E-state index >= 15 is 0 Å². The van der Waals surface area contributed by atoms with Crippen LogP contribution >= 0.6 is 0 Å². The van der Waals surface area contributed by atoms with Gasteiger partial charge in [-0.05, 0) is 31.9 Å². The number of nitro benzene ring substituents is 1. The van der Waals surface area contributed by atoms with Gasteiger partial charge in [-0.15, -0.1) is 0 Å². The first kappa shape index (κ1) is 15.4.